The summed E-state index contributed by atoms with van der Waals surface area (Å²) in [7, 11) is 0. The fourth-order valence-electron chi connectivity index (χ4n) is 2.17. The van der Waals surface area contributed by atoms with E-state index >= 15 is 0 Å². The van der Waals surface area contributed by atoms with Crippen LogP contribution >= 0.6 is 0 Å². The van der Waals surface area contributed by atoms with E-state index in [9.17, 15) is 4.79 Å². The molecule has 1 amide bonds. The van der Waals surface area contributed by atoms with Gasteiger partial charge in [0.25, 0.3) is 0 Å². The summed E-state index contributed by atoms with van der Waals surface area (Å²) in [6.45, 7) is 5.90. The zero-order chi connectivity index (χ0) is 12.3. The Kier molecular flexibility index (Phi) is 3.82. The second kappa shape index (κ2) is 5.34. The fourth-order valence-corrected chi connectivity index (χ4v) is 2.17. The normalized spacial score (nSPS) is 17.4. The van der Waals surface area contributed by atoms with Gasteiger partial charge in [0, 0.05) is 32.9 Å². The van der Waals surface area contributed by atoms with Gasteiger partial charge in [-0.3, -0.25) is 4.79 Å². The highest BCUT2D eigenvalue weighted by atomic mass is 16.3. The number of carbonyl (C=O) groups is 1. The standard InChI is InChI=1S/C13H20N2O2/c1-10-5-7-15(8-6-10)13(16)4-3-12-9-17-11(2)14-12/h9-10H,3-8H2,1-2H3. The van der Waals surface area contributed by atoms with Crippen LogP contribution in [0, 0.1) is 12.8 Å². The van der Waals surface area contributed by atoms with Gasteiger partial charge in [0.15, 0.2) is 5.89 Å². The smallest absolute Gasteiger partial charge is 0.222 e. The van der Waals surface area contributed by atoms with Crippen LogP contribution in [0.15, 0.2) is 10.7 Å². The van der Waals surface area contributed by atoms with E-state index in [0.29, 0.717) is 18.7 Å². The first kappa shape index (κ1) is 12.1. The molecule has 4 nitrogen and oxygen atoms in total. The van der Waals surface area contributed by atoms with Gasteiger partial charge < -0.3 is 9.32 Å². The molecule has 1 aromatic heterocycles. The number of hydrogen-bond donors (Lipinski definition) is 0. The molecular weight excluding hydrogens is 216 g/mol. The van der Waals surface area contributed by atoms with Gasteiger partial charge >= 0.3 is 0 Å². The molecule has 1 aromatic rings. The summed E-state index contributed by atoms with van der Waals surface area (Å²) >= 11 is 0. The predicted octanol–water partition coefficient (Wildman–Crippen LogP) is 2.17. The Morgan fingerprint density at radius 2 is 2.24 bits per heavy atom. The van der Waals surface area contributed by atoms with Crippen molar-refractivity contribution >= 4 is 5.91 Å². The van der Waals surface area contributed by atoms with Gasteiger partial charge in [-0.15, -0.1) is 0 Å². The lowest BCUT2D eigenvalue weighted by molar-refractivity contribution is -0.132. The van der Waals surface area contributed by atoms with Crippen LogP contribution in [-0.2, 0) is 11.2 Å². The SMILES string of the molecule is Cc1nc(CCC(=O)N2CCC(C)CC2)co1. The van der Waals surface area contributed by atoms with Gasteiger partial charge in [-0.05, 0) is 18.8 Å². The Bertz CT molecular complexity index is 379. The van der Waals surface area contributed by atoms with Crippen LogP contribution in [-0.4, -0.2) is 28.9 Å². The van der Waals surface area contributed by atoms with Crippen molar-refractivity contribution in [1.82, 2.24) is 9.88 Å². The highest BCUT2D eigenvalue weighted by Gasteiger charge is 2.20. The second-order valence-corrected chi connectivity index (χ2v) is 4.92. The number of rotatable bonds is 3. The van der Waals surface area contributed by atoms with E-state index < -0.39 is 0 Å². The zero-order valence-electron chi connectivity index (χ0n) is 10.6. The summed E-state index contributed by atoms with van der Waals surface area (Å²) in [5.74, 6) is 1.68. The maximum Gasteiger partial charge on any atom is 0.222 e. The van der Waals surface area contributed by atoms with Crippen molar-refractivity contribution in [1.29, 1.82) is 0 Å². The van der Waals surface area contributed by atoms with Crippen molar-refractivity contribution in [2.75, 3.05) is 13.1 Å². The summed E-state index contributed by atoms with van der Waals surface area (Å²) in [4.78, 5) is 18.1. The van der Waals surface area contributed by atoms with E-state index in [-0.39, 0.29) is 5.91 Å². The minimum absolute atomic E-state index is 0.248. The minimum Gasteiger partial charge on any atom is -0.449 e. The molecule has 1 saturated heterocycles. The van der Waals surface area contributed by atoms with E-state index in [1.165, 1.54) is 0 Å². The monoisotopic (exact) mass is 236 g/mol. The molecule has 2 rings (SSSR count). The second-order valence-electron chi connectivity index (χ2n) is 4.92. The summed E-state index contributed by atoms with van der Waals surface area (Å²) in [5.41, 5.74) is 0.876. The third-order valence-corrected chi connectivity index (χ3v) is 3.40. The molecular formula is C13H20N2O2. The van der Waals surface area contributed by atoms with E-state index in [0.717, 1.165) is 37.5 Å². The molecule has 0 atom stereocenters. The molecule has 0 bridgehead atoms. The highest BCUT2D eigenvalue weighted by molar-refractivity contribution is 5.76. The molecule has 0 unspecified atom stereocenters. The first-order valence-corrected chi connectivity index (χ1v) is 6.34. The molecule has 1 aliphatic rings. The van der Waals surface area contributed by atoms with Gasteiger partial charge in [0.1, 0.15) is 6.26 Å². The lowest BCUT2D eigenvalue weighted by atomic mass is 9.99. The number of piperidine rings is 1. The van der Waals surface area contributed by atoms with Gasteiger partial charge in [0.2, 0.25) is 5.91 Å². The molecule has 0 N–H and O–H groups in total. The first-order valence-electron chi connectivity index (χ1n) is 6.34. The zero-order valence-corrected chi connectivity index (χ0v) is 10.6. The van der Waals surface area contributed by atoms with Gasteiger partial charge in [-0.2, -0.15) is 0 Å². The van der Waals surface area contributed by atoms with E-state index in [4.69, 9.17) is 4.42 Å². The third kappa shape index (κ3) is 3.32. The Hall–Kier alpha value is -1.32. The largest absolute Gasteiger partial charge is 0.449 e. The number of oxazole rings is 1. The Labute approximate surface area is 102 Å². The van der Waals surface area contributed by atoms with Crippen molar-refractivity contribution in [2.24, 2.45) is 5.92 Å². The number of aryl methyl sites for hydroxylation is 2. The maximum absolute atomic E-state index is 12.0. The number of likely N-dealkylation sites (tertiary alicyclic amines) is 1. The molecule has 94 valence electrons. The molecule has 1 fully saturated rings. The molecule has 0 spiro atoms. The number of aromatic nitrogens is 1. The van der Waals surface area contributed by atoms with Crippen LogP contribution in [0.2, 0.25) is 0 Å². The fraction of sp³-hybridized carbons (Fsp3) is 0.692. The number of hydrogen-bond acceptors (Lipinski definition) is 3. The number of nitrogens with zero attached hydrogens (tertiary/aromatic N) is 2. The number of amides is 1. The molecule has 2 heterocycles. The van der Waals surface area contributed by atoms with Gasteiger partial charge in [0.05, 0.1) is 5.69 Å². The van der Waals surface area contributed by atoms with Gasteiger partial charge in [-0.25, -0.2) is 4.98 Å². The molecule has 4 heteroatoms. The lowest BCUT2D eigenvalue weighted by Crippen LogP contribution is -2.38. The minimum atomic E-state index is 0.248. The summed E-state index contributed by atoms with van der Waals surface area (Å²) in [5, 5.41) is 0. The average Bonchev–Trinajstić information content (AvgIpc) is 2.73. The van der Waals surface area contributed by atoms with Crippen molar-refractivity contribution in [3.8, 4) is 0 Å². The Morgan fingerprint density at radius 1 is 1.53 bits per heavy atom. The van der Waals surface area contributed by atoms with Crippen LogP contribution in [0.4, 0.5) is 0 Å². The molecule has 0 saturated carbocycles. The number of carbonyl (C=O) groups excluding carboxylic acids is 1. The summed E-state index contributed by atoms with van der Waals surface area (Å²) in [6, 6.07) is 0. The van der Waals surface area contributed by atoms with Gasteiger partial charge in [-0.1, -0.05) is 6.92 Å². The van der Waals surface area contributed by atoms with E-state index in [1.54, 1.807) is 6.26 Å². The van der Waals surface area contributed by atoms with Crippen LogP contribution in [0.5, 0.6) is 0 Å². The maximum atomic E-state index is 12.0. The van der Waals surface area contributed by atoms with Crippen molar-refractivity contribution < 1.29 is 9.21 Å². The van der Waals surface area contributed by atoms with Crippen LogP contribution in [0.25, 0.3) is 0 Å². The molecule has 1 aliphatic heterocycles. The molecule has 0 radical (unpaired) electrons. The molecule has 0 aliphatic carbocycles. The van der Waals surface area contributed by atoms with Crippen molar-refractivity contribution in [3.63, 3.8) is 0 Å². The highest BCUT2D eigenvalue weighted by Crippen LogP contribution is 2.17. The third-order valence-electron chi connectivity index (χ3n) is 3.40. The van der Waals surface area contributed by atoms with Crippen LogP contribution in [0.3, 0.4) is 0 Å². The molecule has 0 aromatic carbocycles. The Balaban J connectivity index is 1.77. The van der Waals surface area contributed by atoms with Crippen molar-refractivity contribution in [2.45, 2.75) is 39.5 Å². The first-order chi connectivity index (χ1) is 8.15. The lowest BCUT2D eigenvalue weighted by Gasteiger charge is -2.30. The summed E-state index contributed by atoms with van der Waals surface area (Å²) < 4.78 is 5.12. The average molecular weight is 236 g/mol. The molecule has 17 heavy (non-hydrogen) atoms. The topological polar surface area (TPSA) is 46.3 Å². The predicted molar refractivity (Wildman–Crippen MR) is 64.5 cm³/mol. The summed E-state index contributed by atoms with van der Waals surface area (Å²) in [6.07, 6.45) is 5.13. The van der Waals surface area contributed by atoms with Crippen LogP contribution < -0.4 is 0 Å². The van der Waals surface area contributed by atoms with Crippen LogP contribution in [0.1, 0.15) is 37.8 Å². The Morgan fingerprint density at radius 3 is 2.82 bits per heavy atom. The van der Waals surface area contributed by atoms with E-state index in [2.05, 4.69) is 11.9 Å². The van der Waals surface area contributed by atoms with E-state index in [1.807, 2.05) is 11.8 Å². The quantitative estimate of drug-likeness (QED) is 0.808. The van der Waals surface area contributed by atoms with Crippen molar-refractivity contribution in [3.05, 3.63) is 17.8 Å².